The van der Waals surface area contributed by atoms with E-state index >= 15 is 0 Å². The highest BCUT2D eigenvalue weighted by Crippen LogP contribution is 2.28. The van der Waals surface area contributed by atoms with Gasteiger partial charge in [-0.25, -0.2) is 22.6 Å². The van der Waals surface area contributed by atoms with Gasteiger partial charge in [-0.15, -0.1) is 0 Å². The molecule has 0 saturated heterocycles. The standard InChI is InChI=1S/C25H18F3N3O3/c26-17-6-3-15(4-7-17)23(32)19(16-5-10-21(27)22(28)12-16)11-14-1-8-18(9-2-14)31-24(29)20(13-30-31)25(33)34/h1-10,12-13,19H,11,29H2,(H,33,34). The molecule has 6 nitrogen and oxygen atoms in total. The average molecular weight is 465 g/mol. The minimum absolute atomic E-state index is 0.0357. The fourth-order valence-electron chi connectivity index (χ4n) is 3.64. The van der Waals surface area contributed by atoms with Gasteiger partial charge in [0.15, 0.2) is 17.4 Å². The van der Waals surface area contributed by atoms with Gasteiger partial charge < -0.3 is 10.8 Å². The van der Waals surface area contributed by atoms with Crippen LogP contribution < -0.4 is 5.73 Å². The second kappa shape index (κ2) is 9.22. The van der Waals surface area contributed by atoms with E-state index in [0.717, 1.165) is 30.5 Å². The van der Waals surface area contributed by atoms with Gasteiger partial charge in [-0.1, -0.05) is 18.2 Å². The van der Waals surface area contributed by atoms with Gasteiger partial charge in [0.2, 0.25) is 0 Å². The molecule has 0 aliphatic carbocycles. The predicted molar refractivity (Wildman–Crippen MR) is 118 cm³/mol. The summed E-state index contributed by atoms with van der Waals surface area (Å²) in [6.45, 7) is 0. The van der Waals surface area contributed by atoms with Gasteiger partial charge >= 0.3 is 5.97 Å². The number of anilines is 1. The summed E-state index contributed by atoms with van der Waals surface area (Å²) in [6, 6.07) is 15.0. The SMILES string of the molecule is Nc1c(C(=O)O)cnn1-c1ccc(CC(C(=O)c2ccc(F)cc2)c2ccc(F)c(F)c2)cc1. The van der Waals surface area contributed by atoms with Crippen molar-refractivity contribution in [3.05, 3.63) is 113 Å². The first-order valence-electron chi connectivity index (χ1n) is 10.2. The average Bonchev–Trinajstić information content (AvgIpc) is 3.21. The summed E-state index contributed by atoms with van der Waals surface area (Å²) in [5.41, 5.74) is 7.43. The van der Waals surface area contributed by atoms with Crippen LogP contribution in [-0.2, 0) is 6.42 Å². The molecule has 0 amide bonds. The maximum absolute atomic E-state index is 13.9. The Morgan fingerprint density at radius 1 is 0.941 bits per heavy atom. The molecule has 9 heteroatoms. The van der Waals surface area contributed by atoms with Crippen molar-refractivity contribution in [3.63, 3.8) is 0 Å². The third kappa shape index (κ3) is 4.54. The molecule has 172 valence electrons. The molecule has 1 atom stereocenters. The molecule has 0 spiro atoms. The van der Waals surface area contributed by atoms with Crippen LogP contribution in [0.4, 0.5) is 19.0 Å². The van der Waals surface area contributed by atoms with Crippen LogP contribution >= 0.6 is 0 Å². The summed E-state index contributed by atoms with van der Waals surface area (Å²) in [7, 11) is 0. The molecule has 1 heterocycles. The molecule has 0 saturated carbocycles. The molecule has 1 aromatic heterocycles. The summed E-state index contributed by atoms with van der Waals surface area (Å²) in [5.74, 6) is -5.08. The molecule has 4 rings (SSSR count). The van der Waals surface area contributed by atoms with E-state index in [9.17, 15) is 22.8 Å². The van der Waals surface area contributed by atoms with Gasteiger partial charge in [0, 0.05) is 5.56 Å². The van der Waals surface area contributed by atoms with Crippen molar-refractivity contribution in [3.8, 4) is 5.69 Å². The van der Waals surface area contributed by atoms with Crippen molar-refractivity contribution < 1.29 is 27.9 Å². The maximum Gasteiger partial charge on any atom is 0.341 e. The minimum Gasteiger partial charge on any atom is -0.477 e. The Kier molecular flexibility index (Phi) is 6.18. The monoisotopic (exact) mass is 465 g/mol. The van der Waals surface area contributed by atoms with Gasteiger partial charge in [-0.05, 0) is 66.1 Å². The Labute approximate surface area is 192 Å². The van der Waals surface area contributed by atoms with Gasteiger partial charge in [-0.2, -0.15) is 5.10 Å². The van der Waals surface area contributed by atoms with Crippen molar-refractivity contribution in [1.29, 1.82) is 0 Å². The highest BCUT2D eigenvalue weighted by Gasteiger charge is 2.24. The number of carbonyl (C=O) groups excluding carboxylic acids is 1. The van der Waals surface area contributed by atoms with E-state index < -0.39 is 29.3 Å². The van der Waals surface area contributed by atoms with E-state index in [0.29, 0.717) is 11.3 Å². The molecule has 4 aromatic rings. The van der Waals surface area contributed by atoms with Crippen molar-refractivity contribution >= 4 is 17.6 Å². The van der Waals surface area contributed by atoms with Crippen LogP contribution in [0.2, 0.25) is 0 Å². The Hall–Kier alpha value is -4.40. The van der Waals surface area contributed by atoms with Crippen molar-refractivity contribution in [2.24, 2.45) is 0 Å². The van der Waals surface area contributed by atoms with Crippen molar-refractivity contribution in [2.45, 2.75) is 12.3 Å². The zero-order valence-corrected chi connectivity index (χ0v) is 17.6. The molecule has 0 aliphatic rings. The molecule has 0 radical (unpaired) electrons. The number of aromatic nitrogens is 2. The lowest BCUT2D eigenvalue weighted by atomic mass is 9.85. The predicted octanol–water partition coefficient (Wildman–Crippen LogP) is 4.78. The molecule has 3 aromatic carbocycles. The third-order valence-electron chi connectivity index (χ3n) is 5.45. The number of halogens is 3. The molecule has 0 bridgehead atoms. The van der Waals surface area contributed by atoms with Crippen LogP contribution in [-0.4, -0.2) is 26.6 Å². The Balaban J connectivity index is 1.66. The Bertz CT molecular complexity index is 1370. The van der Waals surface area contributed by atoms with Crippen LogP contribution in [0.25, 0.3) is 5.69 Å². The number of hydrogen-bond acceptors (Lipinski definition) is 4. The van der Waals surface area contributed by atoms with E-state index in [2.05, 4.69) is 5.10 Å². The zero-order valence-electron chi connectivity index (χ0n) is 17.6. The number of rotatable bonds is 7. The molecule has 0 fully saturated rings. The zero-order chi connectivity index (χ0) is 24.4. The van der Waals surface area contributed by atoms with Crippen LogP contribution in [0.15, 0.2) is 72.9 Å². The molecule has 34 heavy (non-hydrogen) atoms. The lowest BCUT2D eigenvalue weighted by Crippen LogP contribution is -2.16. The number of benzene rings is 3. The number of carbonyl (C=O) groups is 2. The number of nitrogens with two attached hydrogens (primary N) is 1. The second-order valence-electron chi connectivity index (χ2n) is 7.63. The topological polar surface area (TPSA) is 98.2 Å². The van der Waals surface area contributed by atoms with E-state index in [1.165, 1.54) is 22.9 Å². The normalized spacial score (nSPS) is 11.9. The number of carboxylic acid groups (broad SMARTS) is 1. The molecule has 3 N–H and O–H groups in total. The number of nitrogens with zero attached hydrogens (tertiary/aromatic N) is 2. The smallest absolute Gasteiger partial charge is 0.341 e. The van der Waals surface area contributed by atoms with E-state index in [-0.39, 0.29) is 34.7 Å². The van der Waals surface area contributed by atoms with Gasteiger partial charge in [0.25, 0.3) is 0 Å². The minimum atomic E-state index is -1.20. The lowest BCUT2D eigenvalue weighted by molar-refractivity contribution is 0.0697. The van der Waals surface area contributed by atoms with E-state index in [1.807, 2.05) is 0 Å². The number of nitrogen functional groups attached to an aromatic ring is 1. The van der Waals surface area contributed by atoms with Crippen molar-refractivity contribution in [1.82, 2.24) is 9.78 Å². The summed E-state index contributed by atoms with van der Waals surface area (Å²) in [5, 5.41) is 13.1. The highest BCUT2D eigenvalue weighted by atomic mass is 19.2. The molecular weight excluding hydrogens is 447 g/mol. The first-order chi connectivity index (χ1) is 16.2. The molecule has 0 aliphatic heterocycles. The Morgan fingerprint density at radius 2 is 1.62 bits per heavy atom. The second-order valence-corrected chi connectivity index (χ2v) is 7.63. The summed E-state index contributed by atoms with van der Waals surface area (Å²) in [4.78, 5) is 24.4. The summed E-state index contributed by atoms with van der Waals surface area (Å²) in [6.07, 6.45) is 1.29. The Morgan fingerprint density at radius 3 is 2.21 bits per heavy atom. The van der Waals surface area contributed by atoms with Crippen molar-refractivity contribution in [2.75, 3.05) is 5.73 Å². The van der Waals surface area contributed by atoms with Crippen LogP contribution in [0, 0.1) is 17.5 Å². The fourth-order valence-corrected chi connectivity index (χ4v) is 3.64. The van der Waals surface area contributed by atoms with E-state index in [4.69, 9.17) is 10.8 Å². The summed E-state index contributed by atoms with van der Waals surface area (Å²) >= 11 is 0. The van der Waals surface area contributed by atoms with Crippen LogP contribution in [0.1, 0.15) is 37.8 Å². The quantitative estimate of drug-likeness (QED) is 0.383. The number of ketones is 1. The maximum atomic E-state index is 13.9. The highest BCUT2D eigenvalue weighted by molar-refractivity contribution is 6.01. The molecule has 1 unspecified atom stereocenters. The van der Waals surface area contributed by atoms with Gasteiger partial charge in [0.1, 0.15) is 17.2 Å². The first kappa shape index (κ1) is 22.8. The van der Waals surface area contributed by atoms with Crippen LogP contribution in [0.5, 0.6) is 0 Å². The number of aromatic carboxylic acids is 1. The number of hydrogen-bond donors (Lipinski definition) is 2. The summed E-state index contributed by atoms with van der Waals surface area (Å²) < 4.78 is 42.0. The van der Waals surface area contributed by atoms with E-state index in [1.54, 1.807) is 24.3 Å². The third-order valence-corrected chi connectivity index (χ3v) is 5.45. The first-order valence-corrected chi connectivity index (χ1v) is 10.2. The number of carboxylic acids is 1. The van der Waals surface area contributed by atoms with Gasteiger partial charge in [-0.3, -0.25) is 4.79 Å². The number of Topliss-reactive ketones (excluding diaryl/α,β-unsaturated/α-hetero) is 1. The largest absolute Gasteiger partial charge is 0.477 e. The lowest BCUT2D eigenvalue weighted by Gasteiger charge is -2.17. The van der Waals surface area contributed by atoms with Gasteiger partial charge in [0.05, 0.1) is 17.8 Å². The fraction of sp³-hybridized carbons (Fsp3) is 0.0800. The molecular formula is C25H18F3N3O3. The van der Waals surface area contributed by atoms with Crippen LogP contribution in [0.3, 0.4) is 0 Å².